The van der Waals surface area contributed by atoms with Crippen LogP contribution in [0.25, 0.3) is 0 Å². The maximum atomic E-state index is 14.0. The minimum atomic E-state index is -3.79. The molecule has 0 aromatic heterocycles. The van der Waals surface area contributed by atoms with Crippen molar-refractivity contribution >= 4 is 27.5 Å². The largest absolute Gasteiger partial charge is 0.357 e. The van der Waals surface area contributed by atoms with Crippen LogP contribution in [-0.4, -0.2) is 51.0 Å². The predicted octanol–water partition coefficient (Wildman–Crippen LogP) is 3.76. The van der Waals surface area contributed by atoms with E-state index in [0.717, 1.165) is 38.4 Å². The summed E-state index contributed by atoms with van der Waals surface area (Å²) >= 11 is 0. The molecule has 3 aromatic rings. The van der Waals surface area contributed by atoms with Crippen molar-refractivity contribution in [3.63, 3.8) is 0 Å². The van der Waals surface area contributed by atoms with Gasteiger partial charge in [-0.05, 0) is 49.1 Å². The molecule has 3 aromatic carbocycles. The second-order valence-electron chi connectivity index (χ2n) is 9.39. The van der Waals surface area contributed by atoms with Crippen LogP contribution in [-0.2, 0) is 32.6 Å². The van der Waals surface area contributed by atoms with Gasteiger partial charge < -0.3 is 10.2 Å². The number of carbonyl (C=O) groups excluding carboxylic acids is 2. The molecule has 37 heavy (non-hydrogen) atoms. The fraction of sp³-hybridized carbons (Fsp3) is 0.310. The van der Waals surface area contributed by atoms with Gasteiger partial charge in [0.1, 0.15) is 12.6 Å². The molecule has 0 saturated heterocycles. The first kappa shape index (κ1) is 27.9. The van der Waals surface area contributed by atoms with Gasteiger partial charge in [0.05, 0.1) is 11.9 Å². The highest BCUT2D eigenvalue weighted by Gasteiger charge is 2.33. The number of aryl methyl sites for hydroxylation is 3. The maximum Gasteiger partial charge on any atom is 0.244 e. The highest BCUT2D eigenvalue weighted by molar-refractivity contribution is 7.92. The third kappa shape index (κ3) is 7.43. The fourth-order valence-electron chi connectivity index (χ4n) is 4.31. The molecule has 0 unspecified atom stereocenters. The Morgan fingerprint density at radius 2 is 1.51 bits per heavy atom. The van der Waals surface area contributed by atoms with Crippen molar-refractivity contribution in [2.45, 2.75) is 39.8 Å². The third-order valence-corrected chi connectivity index (χ3v) is 7.39. The Morgan fingerprint density at radius 3 is 2.14 bits per heavy atom. The van der Waals surface area contributed by atoms with Gasteiger partial charge in [0.25, 0.3) is 0 Å². The van der Waals surface area contributed by atoms with E-state index in [0.29, 0.717) is 12.1 Å². The average molecular weight is 522 g/mol. The number of rotatable bonds is 10. The molecule has 2 amide bonds. The van der Waals surface area contributed by atoms with Crippen LogP contribution >= 0.6 is 0 Å². The van der Waals surface area contributed by atoms with E-state index in [2.05, 4.69) is 5.32 Å². The van der Waals surface area contributed by atoms with E-state index in [1.54, 1.807) is 6.07 Å². The van der Waals surface area contributed by atoms with Gasteiger partial charge in [-0.15, -0.1) is 0 Å². The first-order valence-corrected chi connectivity index (χ1v) is 14.0. The van der Waals surface area contributed by atoms with Crippen molar-refractivity contribution in [3.05, 3.63) is 101 Å². The number of sulfonamides is 1. The number of hydrogen-bond donors (Lipinski definition) is 1. The minimum absolute atomic E-state index is 0.163. The number of carbonyl (C=O) groups is 2. The molecule has 0 aliphatic heterocycles. The van der Waals surface area contributed by atoms with Crippen LogP contribution in [0.1, 0.15) is 27.8 Å². The van der Waals surface area contributed by atoms with Crippen LogP contribution in [0.4, 0.5) is 5.69 Å². The summed E-state index contributed by atoms with van der Waals surface area (Å²) in [4.78, 5) is 28.6. The molecule has 1 atom stereocenters. The Labute approximate surface area is 220 Å². The molecule has 0 radical (unpaired) electrons. The van der Waals surface area contributed by atoms with E-state index < -0.39 is 28.5 Å². The van der Waals surface area contributed by atoms with Crippen molar-refractivity contribution in [1.29, 1.82) is 0 Å². The zero-order chi connectivity index (χ0) is 27.2. The Kier molecular flexibility index (Phi) is 9.10. The van der Waals surface area contributed by atoms with Gasteiger partial charge in [0, 0.05) is 20.0 Å². The lowest BCUT2D eigenvalue weighted by Crippen LogP contribution is -2.53. The third-order valence-electron chi connectivity index (χ3n) is 6.27. The van der Waals surface area contributed by atoms with Gasteiger partial charge in [-0.2, -0.15) is 0 Å². The summed E-state index contributed by atoms with van der Waals surface area (Å²) in [5.41, 5.74) is 4.84. The van der Waals surface area contributed by atoms with Crippen LogP contribution in [0, 0.1) is 20.8 Å². The predicted molar refractivity (Wildman–Crippen MR) is 148 cm³/mol. The number of anilines is 1. The van der Waals surface area contributed by atoms with E-state index in [9.17, 15) is 18.0 Å². The van der Waals surface area contributed by atoms with Crippen molar-refractivity contribution in [3.8, 4) is 0 Å². The Balaban J connectivity index is 2.06. The van der Waals surface area contributed by atoms with Crippen molar-refractivity contribution in [1.82, 2.24) is 10.2 Å². The van der Waals surface area contributed by atoms with E-state index >= 15 is 0 Å². The van der Waals surface area contributed by atoms with Gasteiger partial charge in [-0.1, -0.05) is 72.3 Å². The summed E-state index contributed by atoms with van der Waals surface area (Å²) < 4.78 is 26.9. The average Bonchev–Trinajstić information content (AvgIpc) is 2.85. The summed E-state index contributed by atoms with van der Waals surface area (Å²) in [6.07, 6.45) is 1.38. The van der Waals surface area contributed by atoms with Crippen LogP contribution in [0.5, 0.6) is 0 Å². The van der Waals surface area contributed by atoms with Crippen molar-refractivity contribution in [2.24, 2.45) is 0 Å². The summed E-state index contributed by atoms with van der Waals surface area (Å²) in [5, 5.41) is 2.68. The number of benzene rings is 3. The topological polar surface area (TPSA) is 86.8 Å². The molecule has 0 aliphatic rings. The molecule has 1 N–H and O–H groups in total. The molecular formula is C29H35N3O4S. The Morgan fingerprint density at radius 1 is 0.865 bits per heavy atom. The number of nitrogens with one attached hydrogen (secondary N) is 1. The van der Waals surface area contributed by atoms with Gasteiger partial charge in [0.15, 0.2) is 0 Å². The quantitative estimate of drug-likeness (QED) is 0.440. The van der Waals surface area contributed by atoms with Gasteiger partial charge >= 0.3 is 0 Å². The maximum absolute atomic E-state index is 14.0. The summed E-state index contributed by atoms with van der Waals surface area (Å²) in [7, 11) is -2.25. The van der Waals surface area contributed by atoms with Crippen LogP contribution in [0.2, 0.25) is 0 Å². The lowest BCUT2D eigenvalue weighted by atomic mass is 10.0. The first-order valence-electron chi connectivity index (χ1n) is 12.1. The van der Waals surface area contributed by atoms with Crippen molar-refractivity contribution < 1.29 is 18.0 Å². The first-order chi connectivity index (χ1) is 17.5. The highest BCUT2D eigenvalue weighted by atomic mass is 32.2. The molecule has 0 bridgehead atoms. The summed E-state index contributed by atoms with van der Waals surface area (Å²) in [6, 6.07) is 21.8. The SMILES string of the molecule is CNC(=O)[C@@H](Cc1ccccc1)N(Cc1cccc(C)c1)C(=O)CN(c1cc(C)ccc1C)S(C)(=O)=O. The molecule has 0 spiro atoms. The molecule has 0 heterocycles. The Bertz CT molecular complexity index is 1360. The zero-order valence-corrected chi connectivity index (χ0v) is 22.9. The van der Waals surface area contributed by atoms with Gasteiger partial charge in [0.2, 0.25) is 21.8 Å². The molecule has 8 heteroatoms. The molecule has 0 saturated carbocycles. The van der Waals surface area contributed by atoms with E-state index in [-0.39, 0.29) is 12.5 Å². The number of likely N-dealkylation sites (N-methyl/N-ethyl adjacent to an activating group) is 1. The lowest BCUT2D eigenvalue weighted by molar-refractivity contribution is -0.139. The second kappa shape index (κ2) is 12.1. The van der Waals surface area contributed by atoms with Crippen LogP contribution in [0.15, 0.2) is 72.8 Å². The smallest absolute Gasteiger partial charge is 0.244 e. The Hall–Kier alpha value is -3.65. The minimum Gasteiger partial charge on any atom is -0.357 e. The normalized spacial score (nSPS) is 12.0. The van der Waals surface area contributed by atoms with E-state index in [1.165, 1.54) is 11.9 Å². The molecule has 3 rings (SSSR count). The van der Waals surface area contributed by atoms with E-state index in [1.807, 2.05) is 87.5 Å². The monoisotopic (exact) mass is 521 g/mol. The zero-order valence-electron chi connectivity index (χ0n) is 22.1. The highest BCUT2D eigenvalue weighted by Crippen LogP contribution is 2.25. The van der Waals surface area contributed by atoms with Gasteiger partial charge in [-0.3, -0.25) is 13.9 Å². The molecule has 196 valence electrons. The number of amides is 2. The van der Waals surface area contributed by atoms with Crippen molar-refractivity contribution in [2.75, 3.05) is 24.2 Å². The fourth-order valence-corrected chi connectivity index (χ4v) is 5.21. The molecule has 0 fully saturated rings. The molecule has 0 aliphatic carbocycles. The summed E-state index contributed by atoms with van der Waals surface area (Å²) in [6.45, 7) is 5.39. The number of nitrogens with zero attached hydrogens (tertiary/aromatic N) is 2. The molecule has 7 nitrogen and oxygen atoms in total. The second-order valence-corrected chi connectivity index (χ2v) is 11.3. The lowest BCUT2D eigenvalue weighted by Gasteiger charge is -2.33. The van der Waals surface area contributed by atoms with E-state index in [4.69, 9.17) is 0 Å². The van der Waals surface area contributed by atoms with Gasteiger partial charge in [-0.25, -0.2) is 8.42 Å². The summed E-state index contributed by atoms with van der Waals surface area (Å²) in [5.74, 6) is -0.778. The molecular weight excluding hydrogens is 486 g/mol. The van der Waals surface area contributed by atoms with Crippen LogP contribution in [0.3, 0.4) is 0 Å². The number of hydrogen-bond acceptors (Lipinski definition) is 4. The van der Waals surface area contributed by atoms with Crippen LogP contribution < -0.4 is 9.62 Å². The standard InChI is InChI=1S/C29H35N3O4S/c1-21-10-9-13-25(16-21)19-31(27(29(34)30-4)18-24-11-7-6-8-12-24)28(33)20-32(37(5,35)36)26-17-22(2)14-15-23(26)3/h6-17,27H,18-20H2,1-5H3,(H,30,34)/t27-/m1/s1.